The summed E-state index contributed by atoms with van der Waals surface area (Å²) < 4.78 is 18.1. The third-order valence-electron chi connectivity index (χ3n) is 5.90. The standard InChI is InChI=1S/C27H35N5O4/c1-8-32-19(4)22(18(3)31-32)12-13-28-27(29-21-11-9-10-17(2)14-21)30-26(33)20-15-23(34-5)25(36-7)24(16-20)35-6/h9-11,14-16H,8,12-13H2,1-7H3,(H2,28,29,30,33). The molecule has 1 heterocycles. The van der Waals surface area contributed by atoms with Crippen molar-refractivity contribution in [3.63, 3.8) is 0 Å². The van der Waals surface area contributed by atoms with Crippen LogP contribution >= 0.6 is 0 Å². The number of methoxy groups -OCH3 is 3. The van der Waals surface area contributed by atoms with E-state index >= 15 is 0 Å². The summed E-state index contributed by atoms with van der Waals surface area (Å²) in [6, 6.07) is 11.1. The molecule has 0 spiro atoms. The molecule has 0 aliphatic carbocycles. The molecule has 192 valence electrons. The van der Waals surface area contributed by atoms with Crippen LogP contribution in [0.3, 0.4) is 0 Å². The number of anilines is 1. The Balaban J connectivity index is 1.87. The van der Waals surface area contributed by atoms with Gasteiger partial charge in [0.05, 0.1) is 27.0 Å². The summed E-state index contributed by atoms with van der Waals surface area (Å²) in [5.74, 6) is 1.19. The average Bonchev–Trinajstić information content (AvgIpc) is 3.15. The van der Waals surface area contributed by atoms with Crippen molar-refractivity contribution in [2.75, 3.05) is 33.2 Å². The maximum Gasteiger partial charge on any atom is 0.258 e. The first kappa shape index (κ1) is 26.6. The number of aryl methyl sites for hydroxylation is 3. The van der Waals surface area contributed by atoms with Gasteiger partial charge in [-0.25, -0.2) is 0 Å². The first-order chi connectivity index (χ1) is 17.3. The highest BCUT2D eigenvalue weighted by atomic mass is 16.5. The summed E-state index contributed by atoms with van der Waals surface area (Å²) in [7, 11) is 4.54. The number of carbonyl (C=O) groups excluding carboxylic acids is 1. The van der Waals surface area contributed by atoms with Gasteiger partial charge >= 0.3 is 0 Å². The lowest BCUT2D eigenvalue weighted by atomic mass is 10.1. The summed E-state index contributed by atoms with van der Waals surface area (Å²) >= 11 is 0. The number of hydrogen-bond acceptors (Lipinski definition) is 6. The highest BCUT2D eigenvalue weighted by Gasteiger charge is 2.18. The summed E-state index contributed by atoms with van der Waals surface area (Å²) in [6.07, 6.45) is 0.705. The van der Waals surface area contributed by atoms with E-state index in [1.807, 2.05) is 42.8 Å². The van der Waals surface area contributed by atoms with Crippen molar-refractivity contribution in [1.82, 2.24) is 15.1 Å². The van der Waals surface area contributed by atoms with Crippen molar-refractivity contribution < 1.29 is 19.0 Å². The molecule has 1 aromatic heterocycles. The first-order valence-electron chi connectivity index (χ1n) is 11.8. The van der Waals surface area contributed by atoms with Crippen LogP contribution in [0.1, 0.15) is 39.8 Å². The molecule has 9 heteroatoms. The molecular weight excluding hydrogens is 458 g/mol. The Bertz CT molecular complexity index is 1220. The molecule has 36 heavy (non-hydrogen) atoms. The van der Waals surface area contributed by atoms with Gasteiger partial charge in [0.2, 0.25) is 11.7 Å². The Labute approximate surface area is 212 Å². The quantitative estimate of drug-likeness (QED) is 0.341. The van der Waals surface area contributed by atoms with Crippen molar-refractivity contribution >= 4 is 17.6 Å². The molecular formula is C27H35N5O4. The summed E-state index contributed by atoms with van der Waals surface area (Å²) in [4.78, 5) is 17.9. The molecule has 2 aromatic carbocycles. The molecule has 1 amide bonds. The van der Waals surface area contributed by atoms with E-state index in [9.17, 15) is 4.79 Å². The molecule has 0 aliphatic rings. The molecule has 3 aromatic rings. The van der Waals surface area contributed by atoms with Crippen molar-refractivity contribution in [3.05, 3.63) is 64.5 Å². The van der Waals surface area contributed by atoms with E-state index in [2.05, 4.69) is 29.6 Å². The van der Waals surface area contributed by atoms with Crippen LogP contribution in [0.2, 0.25) is 0 Å². The number of nitrogens with one attached hydrogen (secondary N) is 2. The average molecular weight is 494 g/mol. The fraction of sp³-hybridized carbons (Fsp3) is 0.370. The first-order valence-corrected chi connectivity index (χ1v) is 11.8. The molecule has 0 bridgehead atoms. The second-order valence-electron chi connectivity index (χ2n) is 8.31. The third kappa shape index (κ3) is 6.16. The zero-order valence-corrected chi connectivity index (χ0v) is 22.1. The highest BCUT2D eigenvalue weighted by Crippen LogP contribution is 2.38. The molecule has 0 saturated heterocycles. The monoisotopic (exact) mass is 493 g/mol. The molecule has 0 unspecified atom stereocenters. The van der Waals surface area contributed by atoms with Gasteiger partial charge in [-0.1, -0.05) is 12.1 Å². The number of benzene rings is 2. The molecule has 0 atom stereocenters. The highest BCUT2D eigenvalue weighted by molar-refractivity contribution is 6.10. The molecule has 0 aliphatic heterocycles. The van der Waals surface area contributed by atoms with Crippen LogP contribution in [-0.2, 0) is 13.0 Å². The number of aromatic nitrogens is 2. The second kappa shape index (κ2) is 12.1. The lowest BCUT2D eigenvalue weighted by Crippen LogP contribution is -2.36. The van der Waals surface area contributed by atoms with Crippen LogP contribution in [0.15, 0.2) is 41.4 Å². The Morgan fingerprint density at radius 1 is 1.03 bits per heavy atom. The number of hydrogen-bond donors (Lipinski definition) is 2. The number of guanidine groups is 1. The zero-order valence-electron chi connectivity index (χ0n) is 22.1. The van der Waals surface area contributed by atoms with Crippen LogP contribution in [0.5, 0.6) is 17.2 Å². The van der Waals surface area contributed by atoms with E-state index in [1.54, 1.807) is 12.1 Å². The van der Waals surface area contributed by atoms with Gasteiger partial charge in [-0.3, -0.25) is 19.8 Å². The number of nitrogens with zero attached hydrogens (tertiary/aromatic N) is 3. The lowest BCUT2D eigenvalue weighted by molar-refractivity contribution is 0.0976. The van der Waals surface area contributed by atoms with E-state index in [1.165, 1.54) is 26.9 Å². The summed E-state index contributed by atoms with van der Waals surface area (Å²) in [5.41, 5.74) is 5.57. The van der Waals surface area contributed by atoms with Crippen LogP contribution in [-0.4, -0.2) is 49.5 Å². The van der Waals surface area contributed by atoms with E-state index in [0.717, 1.165) is 29.2 Å². The topological polar surface area (TPSA) is 99.0 Å². The smallest absolute Gasteiger partial charge is 0.258 e. The Morgan fingerprint density at radius 3 is 2.28 bits per heavy atom. The number of ether oxygens (including phenoxy) is 3. The largest absolute Gasteiger partial charge is 0.493 e. The van der Waals surface area contributed by atoms with Crippen LogP contribution in [0.25, 0.3) is 0 Å². The Hall–Kier alpha value is -4.01. The van der Waals surface area contributed by atoms with Gasteiger partial charge in [0.25, 0.3) is 5.91 Å². The van der Waals surface area contributed by atoms with Gasteiger partial charge < -0.3 is 19.5 Å². The molecule has 0 radical (unpaired) electrons. The van der Waals surface area contributed by atoms with E-state index in [-0.39, 0.29) is 5.91 Å². The molecule has 9 nitrogen and oxygen atoms in total. The minimum atomic E-state index is -0.362. The fourth-order valence-electron chi connectivity index (χ4n) is 4.04. The molecule has 0 saturated carbocycles. The maximum absolute atomic E-state index is 13.2. The van der Waals surface area contributed by atoms with Gasteiger partial charge in [0.15, 0.2) is 11.5 Å². The van der Waals surface area contributed by atoms with E-state index in [0.29, 0.717) is 41.7 Å². The summed E-state index contributed by atoms with van der Waals surface area (Å²) in [6.45, 7) is 9.45. The minimum Gasteiger partial charge on any atom is -0.493 e. The number of aliphatic imine (C=N–C) groups is 1. The normalized spacial score (nSPS) is 11.2. The van der Waals surface area contributed by atoms with E-state index in [4.69, 9.17) is 19.2 Å². The zero-order chi connectivity index (χ0) is 26.2. The Morgan fingerprint density at radius 2 is 1.72 bits per heavy atom. The number of rotatable bonds is 9. The fourth-order valence-corrected chi connectivity index (χ4v) is 4.04. The van der Waals surface area contributed by atoms with Gasteiger partial charge in [0, 0.05) is 30.0 Å². The Kier molecular flexibility index (Phi) is 8.94. The summed E-state index contributed by atoms with van der Waals surface area (Å²) in [5, 5.41) is 10.7. The van der Waals surface area contributed by atoms with Gasteiger partial charge in [0.1, 0.15) is 0 Å². The van der Waals surface area contributed by atoms with Crippen LogP contribution < -0.4 is 24.8 Å². The van der Waals surface area contributed by atoms with Crippen molar-refractivity contribution in [1.29, 1.82) is 0 Å². The van der Waals surface area contributed by atoms with Gasteiger partial charge in [-0.2, -0.15) is 5.10 Å². The number of carbonyl (C=O) groups is 1. The minimum absolute atomic E-state index is 0.345. The predicted molar refractivity (Wildman–Crippen MR) is 142 cm³/mol. The van der Waals surface area contributed by atoms with Crippen molar-refractivity contribution in [2.45, 2.75) is 40.7 Å². The molecule has 0 fully saturated rings. The SMILES string of the molecule is CCn1nc(C)c(CCN=C(NC(=O)c2cc(OC)c(OC)c(OC)c2)Nc2cccc(C)c2)c1C. The third-order valence-corrected chi connectivity index (χ3v) is 5.90. The van der Waals surface area contributed by atoms with E-state index < -0.39 is 0 Å². The van der Waals surface area contributed by atoms with Crippen LogP contribution in [0.4, 0.5) is 5.69 Å². The predicted octanol–water partition coefficient (Wildman–Crippen LogP) is 4.29. The molecule has 3 rings (SSSR count). The van der Waals surface area contributed by atoms with Crippen molar-refractivity contribution in [3.8, 4) is 17.2 Å². The van der Waals surface area contributed by atoms with Crippen LogP contribution in [0, 0.1) is 20.8 Å². The second-order valence-corrected chi connectivity index (χ2v) is 8.31. The van der Waals surface area contributed by atoms with Gasteiger partial charge in [-0.15, -0.1) is 0 Å². The number of amides is 1. The lowest BCUT2D eigenvalue weighted by Gasteiger charge is -2.15. The van der Waals surface area contributed by atoms with Crippen molar-refractivity contribution in [2.24, 2.45) is 4.99 Å². The molecule has 2 N–H and O–H groups in total. The van der Waals surface area contributed by atoms with Gasteiger partial charge in [-0.05, 0) is 69.5 Å². The maximum atomic E-state index is 13.2.